The molecule has 0 spiro atoms. The maximum Gasteiger partial charge on any atom is 0.0718 e. The van der Waals surface area contributed by atoms with Crippen LogP contribution in [0.5, 0.6) is 0 Å². The number of nitrogens with zero attached hydrogens (tertiary/aromatic N) is 2. The third-order valence-corrected chi connectivity index (χ3v) is 14.3. The lowest BCUT2D eigenvalue weighted by Crippen LogP contribution is -2.16. The number of benzene rings is 7. The second-order valence-corrected chi connectivity index (χ2v) is 25.0. The summed E-state index contributed by atoms with van der Waals surface area (Å²) in [6.07, 6.45) is 0. The van der Waals surface area contributed by atoms with Crippen LogP contribution in [0.2, 0.25) is 0 Å². The third kappa shape index (κ3) is 13.1. The Bertz CT molecular complexity index is 3360. The van der Waals surface area contributed by atoms with Gasteiger partial charge in [-0.05, 0) is 152 Å². The van der Waals surface area contributed by atoms with Crippen LogP contribution in [-0.2, 0) is 21.7 Å². The van der Waals surface area contributed by atoms with E-state index in [0.29, 0.717) is 0 Å². The Morgan fingerprint density at radius 3 is 1.07 bits per heavy atom. The molecule has 0 saturated heterocycles. The van der Waals surface area contributed by atoms with Crippen LogP contribution in [0, 0.1) is 13.8 Å². The minimum Gasteiger partial charge on any atom is -0.356 e. The van der Waals surface area contributed by atoms with Crippen LogP contribution in [0.4, 0.5) is 11.4 Å². The molecule has 0 aliphatic carbocycles. The van der Waals surface area contributed by atoms with E-state index >= 15 is 0 Å². The Balaban J connectivity index is 0.000000200. The summed E-state index contributed by atoms with van der Waals surface area (Å²) in [4.78, 5) is 10.3. The minimum absolute atomic E-state index is 0.0438. The molecule has 0 amide bonds. The van der Waals surface area contributed by atoms with E-state index in [4.69, 9.17) is 9.97 Å². The van der Waals surface area contributed by atoms with E-state index in [2.05, 4.69) is 288 Å². The SMILES string of the molecule is Cc1ccccc1-c1cc(-c2cc(C(C)(C)C)cc(C(C)(C)C)c2)cc(-c2cccc(Br)c2)n1.Cc1ccccc1-c1cc(-c2cc(C(C)(C)C)cc(C(C)(C)C)c2)cc(-c2cccc(Nc3ccccc3)c2)n1. The van der Waals surface area contributed by atoms with Crippen molar-refractivity contribution >= 4 is 27.3 Å². The van der Waals surface area contributed by atoms with Crippen molar-refractivity contribution in [2.45, 2.75) is 119 Å². The molecular formula is C70H74BrN3. The van der Waals surface area contributed by atoms with Crippen LogP contribution in [0.3, 0.4) is 0 Å². The number of aromatic nitrogens is 2. The Labute approximate surface area is 451 Å². The van der Waals surface area contributed by atoms with Gasteiger partial charge in [-0.1, -0.05) is 226 Å². The van der Waals surface area contributed by atoms with Crippen molar-refractivity contribution in [3.05, 3.63) is 226 Å². The smallest absolute Gasteiger partial charge is 0.0718 e. The zero-order chi connectivity index (χ0) is 53.2. The highest BCUT2D eigenvalue weighted by atomic mass is 79.9. The summed E-state index contributed by atoms with van der Waals surface area (Å²) in [5, 5.41) is 3.54. The van der Waals surface area contributed by atoms with E-state index in [9.17, 15) is 0 Å². The van der Waals surface area contributed by atoms with Crippen molar-refractivity contribution in [3.8, 4) is 67.3 Å². The Morgan fingerprint density at radius 1 is 0.311 bits per heavy atom. The molecule has 74 heavy (non-hydrogen) atoms. The molecule has 2 heterocycles. The lowest BCUT2D eigenvalue weighted by Gasteiger charge is -2.26. The summed E-state index contributed by atoms with van der Waals surface area (Å²) in [6, 6.07) is 67.4. The van der Waals surface area contributed by atoms with E-state index in [0.717, 1.165) is 55.3 Å². The van der Waals surface area contributed by atoms with E-state index in [-0.39, 0.29) is 21.7 Å². The van der Waals surface area contributed by atoms with Crippen molar-refractivity contribution in [2.75, 3.05) is 5.32 Å². The monoisotopic (exact) mass is 1040 g/mol. The minimum atomic E-state index is 0.0438. The molecule has 0 unspecified atom stereocenters. The number of hydrogen-bond donors (Lipinski definition) is 1. The molecule has 0 aliphatic rings. The van der Waals surface area contributed by atoms with Gasteiger partial charge in [0.2, 0.25) is 0 Å². The first-order valence-corrected chi connectivity index (χ1v) is 26.9. The van der Waals surface area contributed by atoms with Crippen molar-refractivity contribution in [1.29, 1.82) is 0 Å². The maximum absolute atomic E-state index is 5.22. The van der Waals surface area contributed by atoms with Crippen molar-refractivity contribution < 1.29 is 0 Å². The highest BCUT2D eigenvalue weighted by molar-refractivity contribution is 9.10. The van der Waals surface area contributed by atoms with E-state index in [1.54, 1.807) is 0 Å². The first-order chi connectivity index (χ1) is 34.9. The van der Waals surface area contributed by atoms with Crippen LogP contribution in [0.25, 0.3) is 67.3 Å². The normalized spacial score (nSPS) is 12.0. The maximum atomic E-state index is 5.22. The zero-order valence-corrected chi connectivity index (χ0v) is 47.8. The fourth-order valence-corrected chi connectivity index (χ4v) is 9.50. The number of hydrogen-bond acceptors (Lipinski definition) is 3. The molecule has 9 aromatic rings. The van der Waals surface area contributed by atoms with Gasteiger partial charge >= 0.3 is 0 Å². The highest BCUT2D eigenvalue weighted by Gasteiger charge is 2.24. The molecule has 0 atom stereocenters. The summed E-state index contributed by atoms with van der Waals surface area (Å²) in [5.74, 6) is 0. The molecule has 0 saturated carbocycles. The number of halogens is 1. The largest absolute Gasteiger partial charge is 0.356 e. The molecule has 376 valence electrons. The van der Waals surface area contributed by atoms with Crippen molar-refractivity contribution in [3.63, 3.8) is 0 Å². The quantitative estimate of drug-likeness (QED) is 0.165. The van der Waals surface area contributed by atoms with Gasteiger partial charge in [0.25, 0.3) is 0 Å². The van der Waals surface area contributed by atoms with Crippen molar-refractivity contribution in [2.24, 2.45) is 0 Å². The molecule has 2 aromatic heterocycles. The second kappa shape index (κ2) is 21.5. The summed E-state index contributed by atoms with van der Waals surface area (Å²) in [5.41, 5.74) is 23.5. The van der Waals surface area contributed by atoms with Crippen LogP contribution in [0.1, 0.15) is 116 Å². The lowest BCUT2D eigenvalue weighted by atomic mass is 9.79. The first kappa shape index (κ1) is 53.4. The number of para-hydroxylation sites is 1. The van der Waals surface area contributed by atoms with Crippen LogP contribution >= 0.6 is 15.9 Å². The first-order valence-electron chi connectivity index (χ1n) is 26.1. The zero-order valence-electron chi connectivity index (χ0n) is 46.2. The Hall–Kier alpha value is -6.88. The number of nitrogens with one attached hydrogen (secondary N) is 1. The molecule has 0 bridgehead atoms. The summed E-state index contributed by atoms with van der Waals surface area (Å²) in [7, 11) is 0. The van der Waals surface area contributed by atoms with Crippen LogP contribution < -0.4 is 5.32 Å². The Kier molecular flexibility index (Phi) is 15.5. The fraction of sp³-hybridized carbons (Fsp3) is 0.257. The summed E-state index contributed by atoms with van der Waals surface area (Å²) in [6.45, 7) is 31.8. The average Bonchev–Trinajstić information content (AvgIpc) is 3.35. The van der Waals surface area contributed by atoms with Gasteiger partial charge < -0.3 is 5.32 Å². The summed E-state index contributed by atoms with van der Waals surface area (Å²) >= 11 is 3.63. The molecule has 3 nitrogen and oxygen atoms in total. The predicted molar refractivity (Wildman–Crippen MR) is 323 cm³/mol. The van der Waals surface area contributed by atoms with Crippen molar-refractivity contribution in [1.82, 2.24) is 9.97 Å². The van der Waals surface area contributed by atoms with Gasteiger partial charge in [0, 0.05) is 38.1 Å². The molecule has 7 aromatic carbocycles. The second-order valence-electron chi connectivity index (χ2n) is 24.1. The van der Waals surface area contributed by atoms with Gasteiger partial charge in [0.1, 0.15) is 0 Å². The average molecular weight is 1040 g/mol. The van der Waals surface area contributed by atoms with Crippen LogP contribution in [0.15, 0.2) is 193 Å². The van der Waals surface area contributed by atoms with Gasteiger partial charge in [-0.15, -0.1) is 0 Å². The van der Waals surface area contributed by atoms with Gasteiger partial charge in [0.05, 0.1) is 22.8 Å². The van der Waals surface area contributed by atoms with Gasteiger partial charge in [0.15, 0.2) is 0 Å². The third-order valence-electron chi connectivity index (χ3n) is 13.8. The molecule has 0 aliphatic heterocycles. The number of anilines is 2. The summed E-state index contributed by atoms with van der Waals surface area (Å²) < 4.78 is 1.05. The topological polar surface area (TPSA) is 37.8 Å². The highest BCUT2D eigenvalue weighted by Crippen LogP contribution is 2.40. The molecule has 9 rings (SSSR count). The predicted octanol–water partition coefficient (Wildman–Crippen LogP) is 20.5. The molecular weight excluding hydrogens is 963 g/mol. The van der Waals surface area contributed by atoms with E-state index in [1.165, 1.54) is 61.2 Å². The van der Waals surface area contributed by atoms with Gasteiger partial charge in [-0.3, -0.25) is 0 Å². The fourth-order valence-electron chi connectivity index (χ4n) is 9.10. The molecule has 0 radical (unpaired) electrons. The number of rotatable bonds is 8. The molecule has 1 N–H and O–H groups in total. The Morgan fingerprint density at radius 2 is 0.662 bits per heavy atom. The van der Waals surface area contributed by atoms with Gasteiger partial charge in [-0.25, -0.2) is 9.97 Å². The molecule has 0 fully saturated rings. The number of pyridine rings is 2. The van der Waals surface area contributed by atoms with Gasteiger partial charge in [-0.2, -0.15) is 0 Å². The standard InChI is InChI=1S/C38H40N2.C32H34BrN/c1-26-14-11-12-19-34(26)36-24-29(28-20-30(37(2,3)4)25-31(21-28)38(5,6)7)23-35(40-36)27-15-13-18-33(22-27)39-32-16-9-8-10-17-32;1-21-11-8-9-14-28(21)30-19-24(18-29(34-30)22-12-10-13-27(33)17-22)23-15-25(31(2,3)4)20-26(16-23)32(5,6)7/h8-25,39H,1-7H3;8-20H,1-7H3. The van der Waals surface area contributed by atoms with Crippen LogP contribution in [-0.4, -0.2) is 9.97 Å². The van der Waals surface area contributed by atoms with E-state index < -0.39 is 0 Å². The molecule has 4 heteroatoms. The number of aryl methyl sites for hydroxylation is 2. The lowest BCUT2D eigenvalue weighted by molar-refractivity contribution is 0.568. The van der Waals surface area contributed by atoms with E-state index in [1.807, 2.05) is 18.2 Å².